The van der Waals surface area contributed by atoms with E-state index in [1.165, 1.54) is 0 Å². The van der Waals surface area contributed by atoms with E-state index in [-0.39, 0.29) is 17.7 Å². The Hall–Kier alpha value is -3.97. The molecule has 2 N–H and O–H groups in total. The van der Waals surface area contributed by atoms with Gasteiger partial charge in [0.15, 0.2) is 5.58 Å². The lowest BCUT2D eigenvalue weighted by Gasteiger charge is -2.12. The highest BCUT2D eigenvalue weighted by molar-refractivity contribution is 6.06. The number of aliphatic hydroxyl groups is 1. The van der Waals surface area contributed by atoms with Crippen LogP contribution in [0.2, 0.25) is 0 Å². The molecule has 0 saturated carbocycles. The van der Waals surface area contributed by atoms with Crippen molar-refractivity contribution >= 4 is 28.3 Å². The fraction of sp³-hybridized carbons (Fsp3) is 0.192. The highest BCUT2D eigenvalue weighted by Crippen LogP contribution is 2.27. The van der Waals surface area contributed by atoms with E-state index in [4.69, 9.17) is 9.15 Å². The molecule has 0 fully saturated rings. The summed E-state index contributed by atoms with van der Waals surface area (Å²) >= 11 is 0. The lowest BCUT2D eigenvalue weighted by atomic mass is 10.1. The van der Waals surface area contributed by atoms with Crippen molar-refractivity contribution in [3.8, 4) is 5.75 Å². The number of nitrogens with one attached hydrogen (secondary N) is 1. The molecule has 0 radical (unpaired) electrons. The van der Waals surface area contributed by atoms with E-state index in [2.05, 4.69) is 15.3 Å². The number of carbonyl (C=O) groups excluding carboxylic acids is 1. The molecule has 4 aromatic rings. The average Bonchev–Trinajstić information content (AvgIpc) is 2.81. The zero-order valence-corrected chi connectivity index (χ0v) is 19.0. The topological polar surface area (TPSA) is 97.0 Å². The zero-order chi connectivity index (χ0) is 23.5. The zero-order valence-electron chi connectivity index (χ0n) is 19.0. The third-order valence-electron chi connectivity index (χ3n) is 5.33. The number of aryl methyl sites for hydroxylation is 3. The van der Waals surface area contributed by atoms with Gasteiger partial charge in [0, 0.05) is 17.1 Å². The van der Waals surface area contributed by atoms with Crippen LogP contribution in [-0.2, 0) is 6.61 Å². The Morgan fingerprint density at radius 1 is 1.09 bits per heavy atom. The Morgan fingerprint density at radius 3 is 2.52 bits per heavy atom. The molecule has 7 nitrogen and oxygen atoms in total. The number of fused-ring (bicyclic) bond motifs is 1. The molecular weight excluding hydrogens is 418 g/mol. The molecule has 0 aliphatic carbocycles. The number of carbonyl (C=O) groups is 1. The first kappa shape index (κ1) is 22.2. The molecule has 33 heavy (non-hydrogen) atoms. The first-order chi connectivity index (χ1) is 15.9. The van der Waals surface area contributed by atoms with Crippen LogP contribution >= 0.6 is 0 Å². The van der Waals surface area contributed by atoms with Gasteiger partial charge >= 0.3 is 0 Å². The van der Waals surface area contributed by atoms with Gasteiger partial charge in [0.25, 0.3) is 5.91 Å². The lowest BCUT2D eigenvalue weighted by Crippen LogP contribution is -2.22. The van der Waals surface area contributed by atoms with Crippen LogP contribution in [0, 0.1) is 20.8 Å². The van der Waals surface area contributed by atoms with E-state index < -0.39 is 5.91 Å². The van der Waals surface area contributed by atoms with Gasteiger partial charge in [-0.15, -0.1) is 0 Å². The Morgan fingerprint density at radius 2 is 1.82 bits per heavy atom. The first-order valence-electron chi connectivity index (χ1n) is 10.5. The van der Waals surface area contributed by atoms with Crippen molar-refractivity contribution in [2.45, 2.75) is 27.4 Å². The van der Waals surface area contributed by atoms with Crippen molar-refractivity contribution in [2.75, 3.05) is 12.4 Å². The molecule has 2 aromatic heterocycles. The smallest absolute Gasteiger partial charge is 0.261 e. The van der Waals surface area contributed by atoms with Crippen LogP contribution < -0.4 is 15.6 Å². The van der Waals surface area contributed by atoms with Crippen molar-refractivity contribution in [1.82, 2.24) is 4.98 Å². The summed E-state index contributed by atoms with van der Waals surface area (Å²) in [5.41, 5.74) is 5.30. The quantitative estimate of drug-likeness (QED) is 0.464. The van der Waals surface area contributed by atoms with Gasteiger partial charge in [0.1, 0.15) is 11.3 Å². The normalized spacial score (nSPS) is 11.6. The number of anilines is 1. The van der Waals surface area contributed by atoms with Gasteiger partial charge in [0.05, 0.1) is 30.8 Å². The summed E-state index contributed by atoms with van der Waals surface area (Å²) in [5, 5.41) is 13.3. The number of amides is 1. The first-order valence-corrected chi connectivity index (χ1v) is 10.5. The molecule has 0 bridgehead atoms. The van der Waals surface area contributed by atoms with Crippen molar-refractivity contribution in [3.63, 3.8) is 0 Å². The van der Waals surface area contributed by atoms with Gasteiger partial charge in [0.2, 0.25) is 5.55 Å². The Bertz CT molecular complexity index is 1410. The van der Waals surface area contributed by atoms with Gasteiger partial charge < -0.3 is 19.6 Å². The van der Waals surface area contributed by atoms with E-state index in [0.29, 0.717) is 39.4 Å². The molecule has 0 aliphatic rings. The maximum absolute atomic E-state index is 13.4. The molecule has 4 rings (SSSR count). The number of hydrogen-bond donors (Lipinski definition) is 2. The number of methoxy groups -OCH3 is 1. The van der Waals surface area contributed by atoms with Gasteiger partial charge in [-0.3, -0.25) is 9.78 Å². The third kappa shape index (κ3) is 4.63. The summed E-state index contributed by atoms with van der Waals surface area (Å²) in [6.45, 7) is 5.49. The van der Waals surface area contributed by atoms with Crippen molar-refractivity contribution in [2.24, 2.45) is 4.99 Å². The molecule has 168 valence electrons. The molecule has 0 aliphatic heterocycles. The molecule has 2 heterocycles. The Kier molecular flexibility index (Phi) is 6.24. The highest BCUT2D eigenvalue weighted by atomic mass is 16.5. The fourth-order valence-electron chi connectivity index (χ4n) is 3.51. The van der Waals surface area contributed by atoms with Crippen LogP contribution in [0.15, 0.2) is 64.1 Å². The minimum atomic E-state index is -0.409. The molecule has 0 saturated heterocycles. The monoisotopic (exact) mass is 443 g/mol. The Labute approximate surface area is 191 Å². The molecule has 7 heteroatoms. The van der Waals surface area contributed by atoms with Crippen molar-refractivity contribution < 1.29 is 19.1 Å². The maximum Gasteiger partial charge on any atom is 0.261 e. The van der Waals surface area contributed by atoms with E-state index in [0.717, 1.165) is 11.1 Å². The maximum atomic E-state index is 13.4. The largest absolute Gasteiger partial charge is 0.495 e. The van der Waals surface area contributed by atoms with Gasteiger partial charge in [-0.2, -0.15) is 0 Å². The number of rotatable bonds is 5. The average molecular weight is 444 g/mol. The summed E-state index contributed by atoms with van der Waals surface area (Å²) in [6, 6.07) is 14.8. The van der Waals surface area contributed by atoms with E-state index in [1.807, 2.05) is 50.2 Å². The minimum Gasteiger partial charge on any atom is -0.495 e. The van der Waals surface area contributed by atoms with Crippen molar-refractivity contribution in [1.29, 1.82) is 0 Å². The number of nitrogens with zero attached hydrogens (tertiary/aromatic N) is 2. The van der Waals surface area contributed by atoms with Crippen LogP contribution in [0.5, 0.6) is 5.75 Å². The van der Waals surface area contributed by atoms with Gasteiger partial charge in [-0.1, -0.05) is 23.8 Å². The fourth-order valence-corrected chi connectivity index (χ4v) is 3.51. The highest BCUT2D eigenvalue weighted by Gasteiger charge is 2.18. The summed E-state index contributed by atoms with van der Waals surface area (Å²) in [7, 11) is 1.55. The molecule has 0 spiro atoms. The van der Waals surface area contributed by atoms with Crippen LogP contribution in [-0.4, -0.2) is 23.1 Å². The molecular formula is C26H25N3O4. The SMILES string of the molecule is COc1ccc(C)cc1NC(=O)c1cc2c(CO)cnc(C)c2oc1=Nc1ccc(C)cc1. The summed E-state index contributed by atoms with van der Waals surface area (Å²) in [6.07, 6.45) is 1.58. The molecule has 2 aromatic carbocycles. The van der Waals surface area contributed by atoms with Crippen molar-refractivity contribution in [3.05, 3.63) is 88.2 Å². The molecule has 0 atom stereocenters. The van der Waals surface area contributed by atoms with Crippen LogP contribution in [0.25, 0.3) is 11.0 Å². The van der Waals surface area contributed by atoms with Crippen LogP contribution in [0.1, 0.15) is 32.7 Å². The molecule has 0 unspecified atom stereocenters. The van der Waals surface area contributed by atoms with E-state index in [1.54, 1.807) is 32.4 Å². The second-order valence-corrected chi connectivity index (χ2v) is 7.84. The number of hydrogen-bond acceptors (Lipinski definition) is 6. The number of aliphatic hydroxyl groups excluding tert-OH is 1. The number of benzene rings is 2. The third-order valence-corrected chi connectivity index (χ3v) is 5.33. The predicted octanol–water partition coefficient (Wildman–Crippen LogP) is 4.74. The number of aromatic nitrogens is 1. The van der Waals surface area contributed by atoms with E-state index >= 15 is 0 Å². The summed E-state index contributed by atoms with van der Waals surface area (Å²) in [4.78, 5) is 22.3. The van der Waals surface area contributed by atoms with Gasteiger partial charge in [-0.05, 0) is 56.7 Å². The number of ether oxygens (including phenoxy) is 1. The van der Waals surface area contributed by atoms with Gasteiger partial charge in [-0.25, -0.2) is 4.99 Å². The minimum absolute atomic E-state index is 0.149. The van der Waals surface area contributed by atoms with Crippen LogP contribution in [0.3, 0.4) is 0 Å². The number of pyridine rings is 1. The summed E-state index contributed by atoms with van der Waals surface area (Å²) < 4.78 is 11.5. The second kappa shape index (κ2) is 9.26. The Balaban J connectivity index is 1.92. The van der Waals surface area contributed by atoms with E-state index in [9.17, 15) is 9.90 Å². The van der Waals surface area contributed by atoms with Crippen LogP contribution in [0.4, 0.5) is 11.4 Å². The summed E-state index contributed by atoms with van der Waals surface area (Å²) in [5.74, 6) is 0.133. The molecule has 1 amide bonds. The standard InChI is InChI=1S/C26H25N3O4/c1-15-5-8-19(9-6-15)28-26-21(12-20-18(14-30)13-27-17(3)24(20)33-26)25(31)29-22-11-16(2)7-10-23(22)32-4/h5-13,30H,14H2,1-4H3,(H,29,31). The second-order valence-electron chi connectivity index (χ2n) is 7.84. The predicted molar refractivity (Wildman–Crippen MR) is 127 cm³/mol. The lowest BCUT2D eigenvalue weighted by molar-refractivity contribution is 0.102.